The molecular formula is C14H16N2O4. The van der Waals surface area contributed by atoms with Crippen LogP contribution >= 0.6 is 0 Å². The summed E-state index contributed by atoms with van der Waals surface area (Å²) >= 11 is 0. The number of hydrogen-bond acceptors (Lipinski definition) is 4. The molecule has 1 N–H and O–H groups in total. The Kier molecular flexibility index (Phi) is 3.85. The molecule has 0 aliphatic carbocycles. The molecule has 1 aromatic rings. The molecule has 1 fully saturated rings. The van der Waals surface area contributed by atoms with E-state index in [0.717, 1.165) is 4.90 Å². The minimum absolute atomic E-state index is 0.188. The molecule has 1 aliphatic heterocycles. The van der Waals surface area contributed by atoms with Crippen molar-refractivity contribution in [2.45, 2.75) is 18.8 Å². The van der Waals surface area contributed by atoms with E-state index in [0.29, 0.717) is 5.56 Å². The number of ether oxygens (including phenoxy) is 1. The first-order chi connectivity index (χ1) is 9.57. The number of carbonyl (C=O) groups excluding carboxylic acids is 3. The van der Waals surface area contributed by atoms with Crippen LogP contribution in [0.15, 0.2) is 30.3 Å². The van der Waals surface area contributed by atoms with Crippen molar-refractivity contribution in [1.82, 2.24) is 10.2 Å². The van der Waals surface area contributed by atoms with Crippen LogP contribution in [0.5, 0.6) is 0 Å². The van der Waals surface area contributed by atoms with Gasteiger partial charge in [0.25, 0.3) is 5.91 Å². The van der Waals surface area contributed by atoms with Gasteiger partial charge in [0, 0.05) is 7.11 Å². The summed E-state index contributed by atoms with van der Waals surface area (Å²) in [6.45, 7) is 1.55. The molecule has 0 unspecified atom stereocenters. The molecule has 6 heteroatoms. The zero-order valence-corrected chi connectivity index (χ0v) is 11.4. The SMILES string of the molecule is CC[C@]1(c2ccccc2)C(=O)NC(=O)N(COC)C1=O. The van der Waals surface area contributed by atoms with Crippen molar-refractivity contribution in [1.29, 1.82) is 0 Å². The largest absolute Gasteiger partial charge is 0.364 e. The molecule has 6 nitrogen and oxygen atoms in total. The lowest BCUT2D eigenvalue weighted by Gasteiger charge is -2.38. The molecule has 0 saturated carbocycles. The summed E-state index contributed by atoms with van der Waals surface area (Å²) in [5.41, 5.74) is -0.813. The summed E-state index contributed by atoms with van der Waals surface area (Å²) in [6.07, 6.45) is 0.259. The number of carbonyl (C=O) groups is 3. The summed E-state index contributed by atoms with van der Waals surface area (Å²) in [5.74, 6) is -1.14. The van der Waals surface area contributed by atoms with Gasteiger partial charge in [0.2, 0.25) is 5.91 Å². The molecule has 1 heterocycles. The van der Waals surface area contributed by atoms with Crippen molar-refractivity contribution >= 4 is 17.8 Å². The van der Waals surface area contributed by atoms with E-state index in [1.807, 2.05) is 0 Å². The van der Waals surface area contributed by atoms with Gasteiger partial charge < -0.3 is 4.74 Å². The Morgan fingerprint density at radius 1 is 1.20 bits per heavy atom. The maximum absolute atomic E-state index is 12.7. The minimum Gasteiger partial charge on any atom is -0.364 e. The van der Waals surface area contributed by atoms with E-state index in [1.54, 1.807) is 37.3 Å². The van der Waals surface area contributed by atoms with E-state index < -0.39 is 23.3 Å². The third-order valence-electron chi connectivity index (χ3n) is 3.52. The van der Waals surface area contributed by atoms with E-state index >= 15 is 0 Å². The van der Waals surface area contributed by atoms with Gasteiger partial charge in [-0.25, -0.2) is 9.69 Å². The van der Waals surface area contributed by atoms with Crippen LogP contribution in [-0.2, 0) is 19.7 Å². The molecule has 20 heavy (non-hydrogen) atoms. The fourth-order valence-corrected chi connectivity index (χ4v) is 2.43. The lowest BCUT2D eigenvalue weighted by Crippen LogP contribution is -2.66. The minimum atomic E-state index is -1.38. The number of methoxy groups -OCH3 is 1. The molecular weight excluding hydrogens is 260 g/mol. The lowest BCUT2D eigenvalue weighted by molar-refractivity contribution is -0.148. The Morgan fingerprint density at radius 3 is 2.40 bits per heavy atom. The van der Waals surface area contributed by atoms with Gasteiger partial charge in [-0.1, -0.05) is 37.3 Å². The van der Waals surface area contributed by atoms with Gasteiger partial charge in [-0.2, -0.15) is 0 Å². The van der Waals surface area contributed by atoms with Crippen LogP contribution in [0.4, 0.5) is 4.79 Å². The van der Waals surface area contributed by atoms with Gasteiger partial charge in [-0.05, 0) is 12.0 Å². The van der Waals surface area contributed by atoms with Crippen molar-refractivity contribution in [3.05, 3.63) is 35.9 Å². The van der Waals surface area contributed by atoms with E-state index in [9.17, 15) is 14.4 Å². The quantitative estimate of drug-likeness (QED) is 0.833. The predicted octanol–water partition coefficient (Wildman–Crippen LogP) is 1.02. The number of benzene rings is 1. The molecule has 0 radical (unpaired) electrons. The Balaban J connectivity index is 2.53. The highest BCUT2D eigenvalue weighted by Crippen LogP contribution is 2.33. The second kappa shape index (κ2) is 5.42. The normalized spacial score (nSPS) is 22.9. The second-order valence-electron chi connectivity index (χ2n) is 4.54. The van der Waals surface area contributed by atoms with Crippen molar-refractivity contribution in [2.75, 3.05) is 13.8 Å². The summed E-state index contributed by atoms with van der Waals surface area (Å²) in [4.78, 5) is 37.6. The number of urea groups is 1. The molecule has 1 aliphatic rings. The van der Waals surface area contributed by atoms with Crippen LogP contribution < -0.4 is 5.32 Å². The van der Waals surface area contributed by atoms with Gasteiger partial charge >= 0.3 is 6.03 Å². The van der Waals surface area contributed by atoms with Crippen LogP contribution in [0.25, 0.3) is 0 Å². The standard InChI is InChI=1S/C14H16N2O4/c1-3-14(10-7-5-4-6-8-10)11(17)15-13(19)16(9-20-2)12(14)18/h4-8H,3,9H2,1-2H3,(H,15,17,19)/t14-/m0/s1. The number of amides is 4. The highest BCUT2D eigenvalue weighted by Gasteiger charge is 2.53. The maximum atomic E-state index is 12.7. The van der Waals surface area contributed by atoms with Gasteiger partial charge in [0.1, 0.15) is 6.73 Å². The fraction of sp³-hybridized carbons (Fsp3) is 0.357. The number of nitrogens with zero attached hydrogens (tertiary/aromatic N) is 1. The number of hydrogen-bond donors (Lipinski definition) is 1. The van der Waals surface area contributed by atoms with E-state index in [2.05, 4.69) is 5.32 Å². The molecule has 0 spiro atoms. The van der Waals surface area contributed by atoms with Gasteiger partial charge in [0.05, 0.1) is 0 Å². The maximum Gasteiger partial charge on any atom is 0.332 e. The number of nitrogens with one attached hydrogen (secondary N) is 1. The summed E-state index contributed by atoms with van der Waals surface area (Å²) in [6, 6.07) is 7.98. The molecule has 4 amide bonds. The Morgan fingerprint density at radius 2 is 1.85 bits per heavy atom. The fourth-order valence-electron chi connectivity index (χ4n) is 2.43. The summed E-state index contributed by atoms with van der Waals surface area (Å²) < 4.78 is 4.86. The molecule has 1 atom stereocenters. The second-order valence-corrected chi connectivity index (χ2v) is 4.54. The van der Waals surface area contributed by atoms with Crippen LogP contribution in [0, 0.1) is 0 Å². The first-order valence-corrected chi connectivity index (χ1v) is 6.29. The van der Waals surface area contributed by atoms with Crippen LogP contribution in [0.1, 0.15) is 18.9 Å². The average Bonchev–Trinajstić information content (AvgIpc) is 2.45. The van der Waals surface area contributed by atoms with Crippen molar-refractivity contribution in [3.63, 3.8) is 0 Å². The van der Waals surface area contributed by atoms with Crippen molar-refractivity contribution in [2.24, 2.45) is 0 Å². The topological polar surface area (TPSA) is 75.7 Å². The van der Waals surface area contributed by atoms with Crippen LogP contribution in [0.3, 0.4) is 0 Å². The van der Waals surface area contributed by atoms with Gasteiger partial charge in [-0.3, -0.25) is 14.9 Å². The number of rotatable bonds is 4. The van der Waals surface area contributed by atoms with E-state index in [4.69, 9.17) is 4.74 Å². The highest BCUT2D eigenvalue weighted by atomic mass is 16.5. The summed E-state index contributed by atoms with van der Waals surface area (Å²) in [5, 5.41) is 2.23. The van der Waals surface area contributed by atoms with E-state index in [-0.39, 0.29) is 13.2 Å². The molecule has 2 rings (SSSR count). The Hall–Kier alpha value is -2.21. The zero-order chi connectivity index (χ0) is 14.8. The number of barbiturate groups is 1. The van der Waals surface area contributed by atoms with Gasteiger partial charge in [0.15, 0.2) is 5.41 Å². The summed E-state index contributed by atoms with van der Waals surface area (Å²) in [7, 11) is 1.38. The first kappa shape index (κ1) is 14.2. The molecule has 0 aromatic heterocycles. The third kappa shape index (κ3) is 1.98. The number of imide groups is 2. The molecule has 0 bridgehead atoms. The first-order valence-electron chi connectivity index (χ1n) is 6.29. The molecule has 1 saturated heterocycles. The third-order valence-corrected chi connectivity index (χ3v) is 3.52. The highest BCUT2D eigenvalue weighted by molar-refractivity contribution is 6.22. The van der Waals surface area contributed by atoms with Crippen molar-refractivity contribution < 1.29 is 19.1 Å². The lowest BCUT2D eigenvalue weighted by atomic mass is 9.75. The Labute approximate surface area is 116 Å². The average molecular weight is 276 g/mol. The Bertz CT molecular complexity index is 543. The van der Waals surface area contributed by atoms with E-state index in [1.165, 1.54) is 7.11 Å². The monoisotopic (exact) mass is 276 g/mol. The van der Waals surface area contributed by atoms with Crippen LogP contribution in [-0.4, -0.2) is 36.6 Å². The van der Waals surface area contributed by atoms with Crippen LogP contribution in [0.2, 0.25) is 0 Å². The smallest absolute Gasteiger partial charge is 0.332 e. The molecule has 1 aromatic carbocycles. The van der Waals surface area contributed by atoms with Gasteiger partial charge in [-0.15, -0.1) is 0 Å². The predicted molar refractivity (Wildman–Crippen MR) is 70.7 cm³/mol. The zero-order valence-electron chi connectivity index (χ0n) is 11.4. The van der Waals surface area contributed by atoms with Crippen molar-refractivity contribution in [3.8, 4) is 0 Å². The molecule has 106 valence electrons.